The van der Waals surface area contributed by atoms with Crippen LogP contribution in [0.4, 0.5) is 11.8 Å². The second kappa shape index (κ2) is 12.5. The van der Waals surface area contributed by atoms with Crippen LogP contribution in [-0.4, -0.2) is 63.1 Å². The van der Waals surface area contributed by atoms with Crippen LogP contribution in [-0.2, 0) is 27.3 Å². The zero-order chi connectivity index (χ0) is 28.7. The fourth-order valence-corrected chi connectivity index (χ4v) is 3.94. The monoisotopic (exact) mass is 542 g/mol. The predicted molar refractivity (Wildman–Crippen MR) is 143 cm³/mol. The van der Waals surface area contributed by atoms with E-state index in [0.717, 1.165) is 5.56 Å². The maximum absolute atomic E-state index is 12.6. The highest BCUT2D eigenvalue weighted by Crippen LogP contribution is 2.21. The Morgan fingerprint density at radius 2 is 1.92 bits per heavy atom. The molecule has 2 unspecified atom stereocenters. The summed E-state index contributed by atoms with van der Waals surface area (Å²) in [5, 5.41) is 29.5. The molecule has 0 fully saturated rings. The summed E-state index contributed by atoms with van der Waals surface area (Å²) < 4.78 is 0. The molecule has 2 atom stereocenters. The van der Waals surface area contributed by atoms with Crippen molar-refractivity contribution >= 4 is 35.5 Å². The van der Waals surface area contributed by atoms with Gasteiger partial charge in [0.25, 0.3) is 11.5 Å². The molecule has 7 N–H and O–H groups in total. The first kappa shape index (κ1) is 29.3. The Morgan fingerprint density at radius 3 is 2.59 bits per heavy atom. The number of nitrogens with zero attached hydrogens (tertiary/aromatic N) is 1. The van der Waals surface area contributed by atoms with Gasteiger partial charge in [0.15, 0.2) is 0 Å². The smallest absolute Gasteiger partial charge is 0.326 e. The van der Waals surface area contributed by atoms with Gasteiger partial charge in [-0.1, -0.05) is 32.9 Å². The quantitative estimate of drug-likeness (QED) is 0.216. The molecule has 13 heteroatoms. The molecule has 210 valence electrons. The third-order valence-corrected chi connectivity index (χ3v) is 6.18. The lowest BCUT2D eigenvalue weighted by Gasteiger charge is -2.25. The van der Waals surface area contributed by atoms with Gasteiger partial charge in [-0.05, 0) is 36.5 Å². The SMILES string of the molecule is CC(C)(C)C(=O)Nc1nc2c(c(=O)[nH]1)CC(CNCc1cccc(C(=O)NC(CCC(=O)O)C(=O)O)c1)CN2. The molecule has 1 aromatic carbocycles. The number of nitrogens with one attached hydrogen (secondary N) is 5. The van der Waals surface area contributed by atoms with Crippen molar-refractivity contribution in [2.75, 3.05) is 23.7 Å². The van der Waals surface area contributed by atoms with E-state index in [1.165, 1.54) is 0 Å². The molecule has 1 aliphatic rings. The molecule has 2 heterocycles. The van der Waals surface area contributed by atoms with Crippen molar-refractivity contribution in [2.45, 2.75) is 52.6 Å². The minimum atomic E-state index is -1.31. The number of carbonyl (C=O) groups is 4. The summed E-state index contributed by atoms with van der Waals surface area (Å²) in [4.78, 5) is 66.5. The molecule has 0 saturated carbocycles. The zero-order valence-corrected chi connectivity index (χ0v) is 22.1. The minimum absolute atomic E-state index is 0.0902. The number of carbonyl (C=O) groups excluding carboxylic acids is 2. The molecule has 0 saturated heterocycles. The van der Waals surface area contributed by atoms with Crippen LogP contribution in [0.3, 0.4) is 0 Å². The van der Waals surface area contributed by atoms with Gasteiger partial charge in [0.1, 0.15) is 11.9 Å². The van der Waals surface area contributed by atoms with Gasteiger partial charge in [-0.2, -0.15) is 4.98 Å². The van der Waals surface area contributed by atoms with Crippen molar-refractivity contribution in [3.63, 3.8) is 0 Å². The average Bonchev–Trinajstić information content (AvgIpc) is 2.86. The van der Waals surface area contributed by atoms with Crippen LogP contribution in [0, 0.1) is 11.3 Å². The highest BCUT2D eigenvalue weighted by molar-refractivity contribution is 5.96. The van der Waals surface area contributed by atoms with E-state index in [1.807, 2.05) is 6.07 Å². The van der Waals surface area contributed by atoms with Gasteiger partial charge in [-0.3, -0.25) is 29.5 Å². The van der Waals surface area contributed by atoms with Gasteiger partial charge in [-0.15, -0.1) is 0 Å². The third-order valence-electron chi connectivity index (χ3n) is 6.18. The molecule has 3 rings (SSSR count). The average molecular weight is 543 g/mol. The minimum Gasteiger partial charge on any atom is -0.481 e. The number of aromatic amines is 1. The molecular weight excluding hydrogens is 508 g/mol. The summed E-state index contributed by atoms with van der Waals surface area (Å²) >= 11 is 0. The van der Waals surface area contributed by atoms with Gasteiger partial charge in [0.2, 0.25) is 11.9 Å². The lowest BCUT2D eigenvalue weighted by molar-refractivity contribution is -0.140. The van der Waals surface area contributed by atoms with E-state index in [2.05, 4.69) is 31.2 Å². The number of aliphatic carboxylic acids is 2. The number of H-pyrrole nitrogens is 1. The number of aromatic nitrogens is 2. The van der Waals surface area contributed by atoms with E-state index in [1.54, 1.807) is 39.0 Å². The molecule has 0 spiro atoms. The Hall–Kier alpha value is -4.26. The summed E-state index contributed by atoms with van der Waals surface area (Å²) in [5.74, 6) is -2.67. The van der Waals surface area contributed by atoms with Crippen LogP contribution in [0.15, 0.2) is 29.1 Å². The first-order chi connectivity index (χ1) is 18.3. The molecule has 1 aromatic heterocycles. The van der Waals surface area contributed by atoms with E-state index in [-0.39, 0.29) is 41.7 Å². The van der Waals surface area contributed by atoms with Crippen molar-refractivity contribution in [3.8, 4) is 0 Å². The molecular formula is C26H34N6O7. The fraction of sp³-hybridized carbons (Fsp3) is 0.462. The van der Waals surface area contributed by atoms with Crippen LogP contribution in [0.2, 0.25) is 0 Å². The third kappa shape index (κ3) is 8.37. The normalized spacial score (nSPS) is 15.4. The first-order valence-corrected chi connectivity index (χ1v) is 12.6. The maximum Gasteiger partial charge on any atom is 0.326 e. The number of hydrogen-bond donors (Lipinski definition) is 7. The first-order valence-electron chi connectivity index (χ1n) is 12.6. The summed E-state index contributed by atoms with van der Waals surface area (Å²) in [5.41, 5.74) is 0.615. The number of carboxylic acids is 2. The molecule has 0 aliphatic carbocycles. The second-order valence-electron chi connectivity index (χ2n) is 10.5. The zero-order valence-electron chi connectivity index (χ0n) is 22.1. The summed E-state index contributed by atoms with van der Waals surface area (Å²) in [6.45, 7) is 6.86. The number of amides is 2. The van der Waals surface area contributed by atoms with Crippen molar-refractivity contribution in [1.29, 1.82) is 0 Å². The largest absolute Gasteiger partial charge is 0.481 e. The van der Waals surface area contributed by atoms with Gasteiger partial charge in [0, 0.05) is 37.0 Å². The van der Waals surface area contributed by atoms with E-state index in [0.29, 0.717) is 37.4 Å². The highest BCUT2D eigenvalue weighted by Gasteiger charge is 2.26. The molecule has 39 heavy (non-hydrogen) atoms. The van der Waals surface area contributed by atoms with E-state index < -0.39 is 29.3 Å². The Morgan fingerprint density at radius 1 is 1.18 bits per heavy atom. The van der Waals surface area contributed by atoms with Gasteiger partial charge < -0.3 is 26.2 Å². The molecule has 0 radical (unpaired) electrons. The maximum atomic E-state index is 12.6. The summed E-state index contributed by atoms with van der Waals surface area (Å²) in [7, 11) is 0. The summed E-state index contributed by atoms with van der Waals surface area (Å²) in [6.07, 6.45) is -0.111. The number of rotatable bonds is 11. The summed E-state index contributed by atoms with van der Waals surface area (Å²) in [6, 6.07) is 5.38. The van der Waals surface area contributed by atoms with Crippen LogP contribution in [0.1, 0.15) is 55.1 Å². The highest BCUT2D eigenvalue weighted by atomic mass is 16.4. The van der Waals surface area contributed by atoms with Gasteiger partial charge in [0.05, 0.1) is 5.56 Å². The van der Waals surface area contributed by atoms with Crippen LogP contribution < -0.4 is 26.8 Å². The topological polar surface area (TPSA) is 203 Å². The lowest BCUT2D eigenvalue weighted by Crippen LogP contribution is -2.41. The van der Waals surface area contributed by atoms with Crippen molar-refractivity contribution in [3.05, 3.63) is 51.3 Å². The Kier molecular flexibility index (Phi) is 9.41. The number of carboxylic acid groups (broad SMARTS) is 2. The molecule has 2 amide bonds. The predicted octanol–water partition coefficient (Wildman–Crippen LogP) is 1.18. The number of fused-ring (bicyclic) bond motifs is 1. The van der Waals surface area contributed by atoms with Crippen LogP contribution in [0.25, 0.3) is 0 Å². The molecule has 2 aromatic rings. The molecule has 13 nitrogen and oxygen atoms in total. The Labute approximate surface area is 224 Å². The number of hydrogen-bond acceptors (Lipinski definition) is 8. The van der Waals surface area contributed by atoms with Crippen molar-refractivity contribution < 1.29 is 29.4 Å². The van der Waals surface area contributed by atoms with Crippen molar-refractivity contribution in [1.82, 2.24) is 20.6 Å². The second-order valence-corrected chi connectivity index (χ2v) is 10.5. The van der Waals surface area contributed by atoms with E-state index >= 15 is 0 Å². The Bertz CT molecular complexity index is 1300. The Balaban J connectivity index is 1.54. The van der Waals surface area contributed by atoms with Gasteiger partial charge >= 0.3 is 11.9 Å². The molecule has 1 aliphatic heterocycles. The molecule has 0 bridgehead atoms. The standard InChI is InChI=1S/C26H34N6O7/c1-26(2,3)24(39)32-25-30-20-17(22(36)31-25)10-15(13-28-20)12-27-11-14-5-4-6-16(9-14)21(35)29-18(23(37)38)7-8-19(33)34/h4-6,9,15,18,27H,7-8,10-13H2,1-3H3,(H,29,35)(H,33,34)(H,37,38)(H3,28,30,31,32,36,39). The lowest BCUT2D eigenvalue weighted by atomic mass is 9.96. The van der Waals surface area contributed by atoms with E-state index in [4.69, 9.17) is 5.11 Å². The van der Waals surface area contributed by atoms with Crippen LogP contribution in [0.5, 0.6) is 0 Å². The van der Waals surface area contributed by atoms with E-state index in [9.17, 15) is 29.1 Å². The van der Waals surface area contributed by atoms with Gasteiger partial charge in [-0.25, -0.2) is 4.79 Å². The van der Waals surface area contributed by atoms with Crippen molar-refractivity contribution in [2.24, 2.45) is 11.3 Å². The fourth-order valence-electron chi connectivity index (χ4n) is 3.94. The number of benzene rings is 1. The number of anilines is 2. The van der Waals surface area contributed by atoms with Crippen LogP contribution >= 0.6 is 0 Å².